The van der Waals surface area contributed by atoms with Gasteiger partial charge in [0.05, 0.1) is 6.20 Å². The lowest BCUT2D eigenvalue weighted by atomic mass is 9.81. The molecule has 0 atom stereocenters. The van der Waals surface area contributed by atoms with Crippen molar-refractivity contribution in [1.29, 1.82) is 0 Å². The first kappa shape index (κ1) is 7.46. The lowest BCUT2D eigenvalue weighted by Gasteiger charge is -2.23. The van der Waals surface area contributed by atoms with Crippen LogP contribution in [0.2, 0.25) is 0 Å². The summed E-state index contributed by atoms with van der Waals surface area (Å²) in [6.07, 6.45) is 4.79. The van der Waals surface area contributed by atoms with E-state index in [2.05, 4.69) is 10.3 Å². The van der Waals surface area contributed by atoms with E-state index in [0.29, 0.717) is 5.69 Å². The van der Waals surface area contributed by atoms with Gasteiger partial charge < -0.3 is 0 Å². The summed E-state index contributed by atoms with van der Waals surface area (Å²) in [4.78, 5) is 11.6. The number of ketones is 1. The second-order valence-corrected chi connectivity index (χ2v) is 3.23. The van der Waals surface area contributed by atoms with Gasteiger partial charge in [0.1, 0.15) is 5.69 Å². The number of hydrogen-bond acceptors (Lipinski definition) is 3. The maximum absolute atomic E-state index is 11.6. The molecule has 1 heterocycles. The summed E-state index contributed by atoms with van der Waals surface area (Å²) in [6, 6.07) is 0. The maximum atomic E-state index is 11.6. The van der Waals surface area contributed by atoms with Crippen LogP contribution in [0.15, 0.2) is 6.20 Å². The number of nitrogens with zero attached hydrogens (tertiary/aromatic N) is 3. The molecule has 0 aliphatic heterocycles. The Morgan fingerprint density at radius 2 is 2.42 bits per heavy atom. The normalized spacial score (nSPS) is 17.4. The van der Waals surface area contributed by atoms with E-state index in [1.165, 1.54) is 6.42 Å². The zero-order valence-corrected chi connectivity index (χ0v) is 7.03. The lowest BCUT2D eigenvalue weighted by molar-refractivity contribution is 0.0845. The van der Waals surface area contributed by atoms with Crippen LogP contribution in [-0.4, -0.2) is 20.8 Å². The van der Waals surface area contributed by atoms with Crippen LogP contribution < -0.4 is 0 Å². The molecular weight excluding hydrogens is 154 g/mol. The highest BCUT2D eigenvalue weighted by molar-refractivity contribution is 5.96. The van der Waals surface area contributed by atoms with Crippen molar-refractivity contribution in [3.63, 3.8) is 0 Å². The van der Waals surface area contributed by atoms with E-state index in [9.17, 15) is 4.79 Å². The van der Waals surface area contributed by atoms with E-state index < -0.39 is 0 Å². The summed E-state index contributed by atoms with van der Waals surface area (Å²) in [7, 11) is 1.75. The van der Waals surface area contributed by atoms with Crippen molar-refractivity contribution >= 4 is 5.78 Å². The Kier molecular flexibility index (Phi) is 1.67. The predicted molar refractivity (Wildman–Crippen MR) is 42.7 cm³/mol. The molecule has 0 aromatic carbocycles. The number of hydrogen-bond donors (Lipinski definition) is 0. The molecule has 1 aromatic heterocycles. The molecule has 64 valence electrons. The van der Waals surface area contributed by atoms with Crippen molar-refractivity contribution in [3.8, 4) is 0 Å². The second-order valence-electron chi connectivity index (χ2n) is 3.23. The van der Waals surface area contributed by atoms with Crippen LogP contribution in [-0.2, 0) is 7.05 Å². The molecule has 0 bridgehead atoms. The molecule has 0 saturated heterocycles. The quantitative estimate of drug-likeness (QED) is 0.609. The average Bonchev–Trinajstić information content (AvgIpc) is 2.31. The summed E-state index contributed by atoms with van der Waals surface area (Å²) in [5, 5.41) is 7.40. The van der Waals surface area contributed by atoms with Crippen molar-refractivity contribution < 1.29 is 4.79 Å². The van der Waals surface area contributed by atoms with E-state index in [4.69, 9.17) is 0 Å². The smallest absolute Gasteiger partial charge is 0.185 e. The van der Waals surface area contributed by atoms with Crippen LogP contribution in [0.3, 0.4) is 0 Å². The molecule has 4 nitrogen and oxygen atoms in total. The molecule has 1 aliphatic carbocycles. The molecule has 2 rings (SSSR count). The van der Waals surface area contributed by atoms with Crippen LogP contribution >= 0.6 is 0 Å². The number of Topliss-reactive ketones (excluding diaryl/α,β-unsaturated/α-hetero) is 1. The van der Waals surface area contributed by atoms with Crippen molar-refractivity contribution in [2.45, 2.75) is 19.3 Å². The Hall–Kier alpha value is -1.19. The van der Waals surface area contributed by atoms with Gasteiger partial charge in [-0.2, -0.15) is 0 Å². The van der Waals surface area contributed by atoms with Gasteiger partial charge in [0.15, 0.2) is 5.78 Å². The van der Waals surface area contributed by atoms with Gasteiger partial charge in [-0.05, 0) is 12.8 Å². The zero-order valence-electron chi connectivity index (χ0n) is 7.03. The molecule has 1 fully saturated rings. The Balaban J connectivity index is 2.19. The molecule has 1 aliphatic rings. The monoisotopic (exact) mass is 165 g/mol. The maximum Gasteiger partial charge on any atom is 0.185 e. The first-order valence-corrected chi connectivity index (χ1v) is 4.18. The van der Waals surface area contributed by atoms with Crippen LogP contribution in [0.4, 0.5) is 0 Å². The minimum atomic E-state index is 0.203. The second kappa shape index (κ2) is 2.69. The van der Waals surface area contributed by atoms with Gasteiger partial charge in [-0.3, -0.25) is 4.79 Å². The van der Waals surface area contributed by atoms with E-state index in [1.54, 1.807) is 17.9 Å². The van der Waals surface area contributed by atoms with Gasteiger partial charge in [0, 0.05) is 13.0 Å². The predicted octanol–water partition coefficient (Wildman–Crippen LogP) is 0.798. The highest BCUT2D eigenvalue weighted by atomic mass is 16.1. The zero-order chi connectivity index (χ0) is 8.55. The van der Waals surface area contributed by atoms with Crippen LogP contribution in [0.25, 0.3) is 0 Å². The number of aromatic nitrogens is 3. The van der Waals surface area contributed by atoms with Crippen molar-refractivity contribution in [3.05, 3.63) is 11.9 Å². The largest absolute Gasteiger partial charge is 0.292 e. The first-order valence-electron chi connectivity index (χ1n) is 4.18. The number of carbonyl (C=O) groups excluding carboxylic acids is 1. The fourth-order valence-electron chi connectivity index (χ4n) is 1.39. The molecular formula is C8H11N3O. The minimum absolute atomic E-state index is 0.203. The molecule has 0 unspecified atom stereocenters. The molecule has 0 amide bonds. The summed E-state index contributed by atoms with van der Waals surface area (Å²) >= 11 is 0. The van der Waals surface area contributed by atoms with Crippen molar-refractivity contribution in [2.75, 3.05) is 0 Å². The highest BCUT2D eigenvalue weighted by Crippen LogP contribution is 2.29. The van der Waals surface area contributed by atoms with Crippen molar-refractivity contribution in [1.82, 2.24) is 15.0 Å². The standard InChI is InChI=1S/C8H11N3O/c1-11-7(5-9-10-11)8(12)6-3-2-4-6/h5-6H,2-4H2,1H3. The van der Waals surface area contributed by atoms with E-state index in [1.807, 2.05) is 0 Å². The third-order valence-corrected chi connectivity index (χ3v) is 2.44. The molecule has 4 heteroatoms. The summed E-state index contributed by atoms with van der Waals surface area (Å²) in [6.45, 7) is 0. The summed E-state index contributed by atoms with van der Waals surface area (Å²) < 4.78 is 1.54. The number of rotatable bonds is 2. The van der Waals surface area contributed by atoms with Gasteiger partial charge in [0.2, 0.25) is 0 Å². The summed E-state index contributed by atoms with van der Waals surface area (Å²) in [5.41, 5.74) is 0.639. The molecule has 0 radical (unpaired) electrons. The Labute approximate surface area is 70.6 Å². The molecule has 12 heavy (non-hydrogen) atoms. The first-order chi connectivity index (χ1) is 5.79. The Morgan fingerprint density at radius 3 is 2.83 bits per heavy atom. The van der Waals surface area contributed by atoms with E-state index in [-0.39, 0.29) is 11.7 Å². The van der Waals surface area contributed by atoms with E-state index in [0.717, 1.165) is 12.8 Å². The van der Waals surface area contributed by atoms with Gasteiger partial charge in [-0.15, -0.1) is 5.10 Å². The van der Waals surface area contributed by atoms with Crippen LogP contribution in [0.1, 0.15) is 29.8 Å². The Bertz CT molecular complexity index is 301. The summed E-state index contributed by atoms with van der Waals surface area (Å²) in [5.74, 6) is 0.441. The fourth-order valence-corrected chi connectivity index (χ4v) is 1.39. The SMILES string of the molecule is Cn1nncc1C(=O)C1CCC1. The van der Waals surface area contributed by atoms with Crippen LogP contribution in [0, 0.1) is 5.92 Å². The minimum Gasteiger partial charge on any atom is -0.292 e. The fraction of sp³-hybridized carbons (Fsp3) is 0.625. The van der Waals surface area contributed by atoms with E-state index >= 15 is 0 Å². The molecule has 0 spiro atoms. The third-order valence-electron chi connectivity index (χ3n) is 2.44. The van der Waals surface area contributed by atoms with Gasteiger partial charge in [-0.1, -0.05) is 11.6 Å². The average molecular weight is 165 g/mol. The van der Waals surface area contributed by atoms with Gasteiger partial charge in [-0.25, -0.2) is 4.68 Å². The lowest BCUT2D eigenvalue weighted by Crippen LogP contribution is -2.23. The molecule has 0 N–H and O–H groups in total. The topological polar surface area (TPSA) is 47.8 Å². The number of carbonyl (C=O) groups is 1. The number of aryl methyl sites for hydroxylation is 1. The highest BCUT2D eigenvalue weighted by Gasteiger charge is 2.27. The van der Waals surface area contributed by atoms with Crippen molar-refractivity contribution in [2.24, 2.45) is 13.0 Å². The Morgan fingerprint density at radius 1 is 1.67 bits per heavy atom. The van der Waals surface area contributed by atoms with Gasteiger partial charge in [0.25, 0.3) is 0 Å². The third kappa shape index (κ3) is 1.03. The molecule has 1 aromatic rings. The van der Waals surface area contributed by atoms with Crippen LogP contribution in [0.5, 0.6) is 0 Å². The van der Waals surface area contributed by atoms with Gasteiger partial charge >= 0.3 is 0 Å². The molecule has 1 saturated carbocycles.